The topological polar surface area (TPSA) is 44.4 Å². The molecule has 4 nitrogen and oxygen atoms in total. The van der Waals surface area contributed by atoms with Crippen molar-refractivity contribution in [3.8, 4) is 0 Å². The smallest absolute Gasteiger partial charge is 0.234 e. The average molecular weight is 213 g/mol. The summed E-state index contributed by atoms with van der Waals surface area (Å²) in [6, 6.07) is 0. The van der Waals surface area contributed by atoms with Gasteiger partial charge in [-0.3, -0.25) is 4.79 Å². The Morgan fingerprint density at radius 3 is 2.73 bits per heavy atom. The molecular formula is C11H23N3O. The molecule has 0 bridgehead atoms. The van der Waals surface area contributed by atoms with Crippen LogP contribution in [0.4, 0.5) is 0 Å². The van der Waals surface area contributed by atoms with E-state index in [9.17, 15) is 4.79 Å². The van der Waals surface area contributed by atoms with Crippen molar-refractivity contribution in [2.24, 2.45) is 11.8 Å². The molecule has 1 amide bonds. The molecule has 1 heterocycles. The van der Waals surface area contributed by atoms with Crippen LogP contribution in [0, 0.1) is 11.8 Å². The number of likely N-dealkylation sites (N-methyl/N-ethyl adjacent to an activating group) is 1. The van der Waals surface area contributed by atoms with Gasteiger partial charge in [-0.1, -0.05) is 6.92 Å². The minimum atomic E-state index is 0.124. The lowest BCUT2D eigenvalue weighted by atomic mass is 9.95. The number of carbonyl (C=O) groups excluding carboxylic acids is 1. The molecule has 15 heavy (non-hydrogen) atoms. The SMILES string of the molecule is C[C@@H]1CNC[C@H]1CCNC(=O)CN(C)C. The predicted molar refractivity (Wildman–Crippen MR) is 61.7 cm³/mol. The number of rotatable bonds is 5. The Kier molecular flexibility index (Phi) is 5.05. The monoisotopic (exact) mass is 213 g/mol. The second-order valence-electron chi connectivity index (χ2n) is 4.77. The van der Waals surface area contributed by atoms with Gasteiger partial charge in [0.1, 0.15) is 0 Å². The van der Waals surface area contributed by atoms with E-state index < -0.39 is 0 Å². The van der Waals surface area contributed by atoms with E-state index in [4.69, 9.17) is 0 Å². The summed E-state index contributed by atoms with van der Waals surface area (Å²) in [5.41, 5.74) is 0. The van der Waals surface area contributed by atoms with Gasteiger partial charge in [0.25, 0.3) is 0 Å². The highest BCUT2D eigenvalue weighted by Gasteiger charge is 2.22. The fourth-order valence-corrected chi connectivity index (χ4v) is 1.99. The highest BCUT2D eigenvalue weighted by Crippen LogP contribution is 2.18. The van der Waals surface area contributed by atoms with Gasteiger partial charge in [0, 0.05) is 6.54 Å². The molecule has 0 aliphatic carbocycles. The Labute approximate surface area is 92.4 Å². The standard InChI is InChI=1S/C11H23N3O/c1-9-6-12-7-10(9)4-5-13-11(15)8-14(2)3/h9-10,12H,4-8H2,1-3H3,(H,13,15)/t9-,10-/m1/s1. The van der Waals surface area contributed by atoms with E-state index in [1.165, 1.54) is 0 Å². The molecular weight excluding hydrogens is 190 g/mol. The Morgan fingerprint density at radius 2 is 2.20 bits per heavy atom. The molecule has 0 aromatic heterocycles. The lowest BCUT2D eigenvalue weighted by Crippen LogP contribution is -2.34. The van der Waals surface area contributed by atoms with Crippen LogP contribution in [0.1, 0.15) is 13.3 Å². The average Bonchev–Trinajstić information content (AvgIpc) is 2.50. The molecule has 1 rings (SSSR count). The molecule has 0 aromatic rings. The van der Waals surface area contributed by atoms with Gasteiger partial charge < -0.3 is 15.5 Å². The van der Waals surface area contributed by atoms with Gasteiger partial charge in [0.2, 0.25) is 5.91 Å². The molecule has 0 aromatic carbocycles. The number of nitrogens with zero attached hydrogens (tertiary/aromatic N) is 1. The van der Waals surface area contributed by atoms with Crippen molar-refractivity contribution in [3.63, 3.8) is 0 Å². The Bertz CT molecular complexity index is 206. The van der Waals surface area contributed by atoms with Crippen LogP contribution in [0.3, 0.4) is 0 Å². The van der Waals surface area contributed by atoms with E-state index in [0.717, 1.165) is 37.9 Å². The first-order chi connectivity index (χ1) is 7.09. The zero-order chi connectivity index (χ0) is 11.3. The summed E-state index contributed by atoms with van der Waals surface area (Å²) in [5, 5.41) is 6.32. The predicted octanol–water partition coefficient (Wildman–Crippen LogP) is -0.0902. The molecule has 0 radical (unpaired) electrons. The zero-order valence-electron chi connectivity index (χ0n) is 10.0. The van der Waals surface area contributed by atoms with Crippen LogP contribution >= 0.6 is 0 Å². The fourth-order valence-electron chi connectivity index (χ4n) is 1.99. The van der Waals surface area contributed by atoms with Crippen LogP contribution < -0.4 is 10.6 Å². The number of nitrogens with one attached hydrogen (secondary N) is 2. The number of hydrogen-bond donors (Lipinski definition) is 2. The highest BCUT2D eigenvalue weighted by atomic mass is 16.1. The van der Waals surface area contributed by atoms with Crippen LogP contribution in [0.2, 0.25) is 0 Å². The van der Waals surface area contributed by atoms with Gasteiger partial charge in [-0.2, -0.15) is 0 Å². The minimum Gasteiger partial charge on any atom is -0.355 e. The number of carbonyl (C=O) groups is 1. The van der Waals surface area contributed by atoms with Crippen LogP contribution in [0.5, 0.6) is 0 Å². The molecule has 1 fully saturated rings. The number of hydrogen-bond acceptors (Lipinski definition) is 3. The summed E-state index contributed by atoms with van der Waals surface area (Å²) in [6.45, 7) is 5.79. The first-order valence-electron chi connectivity index (χ1n) is 5.71. The minimum absolute atomic E-state index is 0.124. The maximum absolute atomic E-state index is 11.3. The van der Waals surface area contributed by atoms with Gasteiger partial charge >= 0.3 is 0 Å². The Morgan fingerprint density at radius 1 is 1.47 bits per heavy atom. The summed E-state index contributed by atoms with van der Waals surface area (Å²) in [6.07, 6.45) is 1.09. The van der Waals surface area contributed by atoms with Crippen molar-refractivity contribution in [3.05, 3.63) is 0 Å². The first-order valence-corrected chi connectivity index (χ1v) is 5.71. The van der Waals surface area contributed by atoms with Crippen LogP contribution in [-0.2, 0) is 4.79 Å². The molecule has 1 aliphatic rings. The van der Waals surface area contributed by atoms with Crippen molar-refractivity contribution in [2.45, 2.75) is 13.3 Å². The van der Waals surface area contributed by atoms with E-state index in [0.29, 0.717) is 6.54 Å². The third kappa shape index (κ3) is 4.62. The molecule has 1 aliphatic heterocycles. The fraction of sp³-hybridized carbons (Fsp3) is 0.909. The van der Waals surface area contributed by atoms with Gasteiger partial charge in [-0.25, -0.2) is 0 Å². The van der Waals surface area contributed by atoms with E-state index in [-0.39, 0.29) is 5.91 Å². The van der Waals surface area contributed by atoms with Crippen LogP contribution in [0.15, 0.2) is 0 Å². The van der Waals surface area contributed by atoms with Crippen molar-refractivity contribution in [2.75, 3.05) is 40.3 Å². The van der Waals surface area contributed by atoms with Crippen molar-refractivity contribution < 1.29 is 4.79 Å². The zero-order valence-corrected chi connectivity index (χ0v) is 10.0. The Hall–Kier alpha value is -0.610. The molecule has 4 heteroatoms. The maximum atomic E-state index is 11.3. The molecule has 2 atom stereocenters. The van der Waals surface area contributed by atoms with Gasteiger partial charge in [-0.15, -0.1) is 0 Å². The maximum Gasteiger partial charge on any atom is 0.234 e. The van der Waals surface area contributed by atoms with Crippen molar-refractivity contribution in [1.82, 2.24) is 15.5 Å². The second-order valence-corrected chi connectivity index (χ2v) is 4.77. The second kappa shape index (κ2) is 6.08. The first kappa shape index (κ1) is 12.5. The van der Waals surface area contributed by atoms with Crippen LogP contribution in [0.25, 0.3) is 0 Å². The van der Waals surface area contributed by atoms with Crippen molar-refractivity contribution in [1.29, 1.82) is 0 Å². The normalized spacial score (nSPS) is 25.9. The van der Waals surface area contributed by atoms with E-state index >= 15 is 0 Å². The molecule has 2 N–H and O–H groups in total. The third-order valence-corrected chi connectivity index (χ3v) is 2.97. The van der Waals surface area contributed by atoms with Gasteiger partial charge in [0.05, 0.1) is 6.54 Å². The van der Waals surface area contributed by atoms with Crippen molar-refractivity contribution >= 4 is 5.91 Å². The quantitative estimate of drug-likeness (QED) is 0.671. The molecule has 0 unspecified atom stereocenters. The van der Waals surface area contributed by atoms with E-state index in [1.54, 1.807) is 0 Å². The Balaban J connectivity index is 2.08. The van der Waals surface area contributed by atoms with Crippen LogP contribution in [-0.4, -0.2) is 51.1 Å². The molecule has 88 valence electrons. The number of amides is 1. The lowest BCUT2D eigenvalue weighted by molar-refractivity contribution is -0.121. The summed E-state index contributed by atoms with van der Waals surface area (Å²) in [4.78, 5) is 13.2. The molecule has 1 saturated heterocycles. The molecule has 0 spiro atoms. The highest BCUT2D eigenvalue weighted by molar-refractivity contribution is 5.77. The van der Waals surface area contributed by atoms with Gasteiger partial charge in [0.15, 0.2) is 0 Å². The van der Waals surface area contributed by atoms with E-state index in [1.807, 2.05) is 19.0 Å². The largest absolute Gasteiger partial charge is 0.355 e. The summed E-state index contributed by atoms with van der Waals surface area (Å²) < 4.78 is 0. The molecule has 0 saturated carbocycles. The lowest BCUT2D eigenvalue weighted by Gasteiger charge is -2.15. The van der Waals surface area contributed by atoms with Gasteiger partial charge in [-0.05, 0) is 45.4 Å². The summed E-state index contributed by atoms with van der Waals surface area (Å²) in [5.74, 6) is 1.60. The van der Waals surface area contributed by atoms with E-state index in [2.05, 4.69) is 17.6 Å². The summed E-state index contributed by atoms with van der Waals surface area (Å²) >= 11 is 0. The summed E-state index contributed by atoms with van der Waals surface area (Å²) in [7, 11) is 3.81. The third-order valence-electron chi connectivity index (χ3n) is 2.97.